The lowest BCUT2D eigenvalue weighted by molar-refractivity contribution is -0.113. The molecule has 0 amide bonds. The van der Waals surface area contributed by atoms with E-state index in [2.05, 4.69) is 21.2 Å². The molecule has 0 unspecified atom stereocenters. The van der Waals surface area contributed by atoms with Crippen LogP contribution in [0, 0.1) is 0 Å². The molecular formula is C13H12BrF2NO2. The van der Waals surface area contributed by atoms with E-state index in [-0.39, 0.29) is 5.78 Å². The molecule has 6 heteroatoms. The Morgan fingerprint density at radius 3 is 2.89 bits per heavy atom. The number of rotatable bonds is 4. The van der Waals surface area contributed by atoms with Gasteiger partial charge in [-0.3, -0.25) is 4.79 Å². The predicted octanol–water partition coefficient (Wildman–Crippen LogP) is 3.13. The lowest BCUT2D eigenvalue weighted by Gasteiger charge is -2.19. The molecule has 102 valence electrons. The number of nitrogens with one attached hydrogen (secondary N) is 1. The van der Waals surface area contributed by atoms with Gasteiger partial charge in [0.15, 0.2) is 5.78 Å². The number of fused-ring (bicyclic) bond motifs is 1. The first-order valence-corrected chi connectivity index (χ1v) is 6.46. The minimum atomic E-state index is -2.52. The molecule has 0 saturated carbocycles. The van der Waals surface area contributed by atoms with Crippen LogP contribution in [0.2, 0.25) is 0 Å². The summed E-state index contributed by atoms with van der Waals surface area (Å²) in [6.45, 7) is 1.34. The fourth-order valence-electron chi connectivity index (χ4n) is 1.78. The van der Waals surface area contributed by atoms with Crippen molar-refractivity contribution in [3.8, 4) is 5.75 Å². The maximum atomic E-state index is 12.2. The van der Waals surface area contributed by atoms with Gasteiger partial charge < -0.3 is 10.1 Å². The second-order valence-electron chi connectivity index (χ2n) is 4.15. The number of Topliss-reactive ketones (excluding diaryl/α,β-unsaturated/α-hetero) is 1. The van der Waals surface area contributed by atoms with Crippen LogP contribution in [0.3, 0.4) is 0 Å². The number of halogens is 3. The minimum Gasteiger partial charge on any atom is -0.486 e. The summed E-state index contributed by atoms with van der Waals surface area (Å²) in [5.74, 6) is 0.281. The molecule has 0 fully saturated rings. The first-order valence-electron chi connectivity index (χ1n) is 5.67. The number of carbonyl (C=O) groups excluding carboxylic acids is 1. The SMILES string of the molecule is CC(=O)C1=Cc2cc(OCC(F)F)c(Br)cc2CN1. The Hall–Kier alpha value is -1.43. The van der Waals surface area contributed by atoms with E-state index in [1.165, 1.54) is 6.92 Å². The molecule has 0 atom stereocenters. The van der Waals surface area contributed by atoms with E-state index in [4.69, 9.17) is 4.74 Å². The van der Waals surface area contributed by atoms with Crippen molar-refractivity contribution in [3.63, 3.8) is 0 Å². The first kappa shape index (κ1) is 14.0. The number of alkyl halides is 2. The van der Waals surface area contributed by atoms with Gasteiger partial charge in [-0.1, -0.05) is 0 Å². The summed E-state index contributed by atoms with van der Waals surface area (Å²) in [5.41, 5.74) is 2.28. The molecule has 3 nitrogen and oxygen atoms in total. The molecule has 0 radical (unpaired) electrons. The van der Waals surface area contributed by atoms with Crippen LogP contribution in [0.4, 0.5) is 8.78 Å². The monoisotopic (exact) mass is 331 g/mol. The quantitative estimate of drug-likeness (QED) is 0.921. The van der Waals surface area contributed by atoms with Crippen LogP contribution in [-0.4, -0.2) is 18.8 Å². The average Bonchev–Trinajstić information content (AvgIpc) is 2.35. The van der Waals surface area contributed by atoms with E-state index in [0.29, 0.717) is 22.5 Å². The van der Waals surface area contributed by atoms with Crippen molar-refractivity contribution in [3.05, 3.63) is 33.4 Å². The molecule has 1 aliphatic heterocycles. The molecule has 0 bridgehead atoms. The van der Waals surface area contributed by atoms with Crippen molar-refractivity contribution in [2.45, 2.75) is 19.9 Å². The molecular weight excluding hydrogens is 320 g/mol. The highest BCUT2D eigenvalue weighted by atomic mass is 79.9. The number of hydrogen-bond acceptors (Lipinski definition) is 3. The Labute approximate surface area is 117 Å². The molecule has 1 N–H and O–H groups in total. The van der Waals surface area contributed by atoms with Gasteiger partial charge >= 0.3 is 0 Å². The molecule has 1 aliphatic rings. The van der Waals surface area contributed by atoms with Crippen LogP contribution < -0.4 is 10.1 Å². The van der Waals surface area contributed by atoms with Gasteiger partial charge in [0.05, 0.1) is 10.2 Å². The molecule has 2 rings (SSSR count). The van der Waals surface area contributed by atoms with Crippen molar-refractivity contribution in [1.29, 1.82) is 0 Å². The highest BCUT2D eigenvalue weighted by Crippen LogP contribution is 2.31. The van der Waals surface area contributed by atoms with Gasteiger partial charge in [-0.05, 0) is 45.3 Å². The van der Waals surface area contributed by atoms with Crippen LogP contribution in [0.1, 0.15) is 18.1 Å². The summed E-state index contributed by atoms with van der Waals surface area (Å²) < 4.78 is 30.0. The van der Waals surface area contributed by atoms with E-state index in [1.54, 1.807) is 18.2 Å². The smallest absolute Gasteiger partial charge is 0.272 e. The van der Waals surface area contributed by atoms with Gasteiger partial charge in [0.2, 0.25) is 0 Å². The molecule has 0 aliphatic carbocycles. The van der Waals surface area contributed by atoms with Gasteiger partial charge in [0.25, 0.3) is 6.43 Å². The van der Waals surface area contributed by atoms with Crippen LogP contribution in [0.25, 0.3) is 6.08 Å². The van der Waals surface area contributed by atoms with E-state index in [1.807, 2.05) is 0 Å². The van der Waals surface area contributed by atoms with Crippen molar-refractivity contribution >= 4 is 27.8 Å². The maximum Gasteiger partial charge on any atom is 0.272 e. The number of ether oxygens (including phenoxy) is 1. The minimum absolute atomic E-state index is 0.0661. The molecule has 0 aromatic heterocycles. The normalized spacial score (nSPS) is 13.6. The van der Waals surface area contributed by atoms with Crippen LogP contribution >= 0.6 is 15.9 Å². The van der Waals surface area contributed by atoms with Crippen molar-refractivity contribution < 1.29 is 18.3 Å². The highest BCUT2D eigenvalue weighted by molar-refractivity contribution is 9.10. The lowest BCUT2D eigenvalue weighted by atomic mass is 10.0. The Kier molecular flexibility index (Phi) is 4.19. The number of hydrogen-bond donors (Lipinski definition) is 1. The fourth-order valence-corrected chi connectivity index (χ4v) is 2.29. The van der Waals surface area contributed by atoms with E-state index >= 15 is 0 Å². The largest absolute Gasteiger partial charge is 0.486 e. The summed E-state index contributed by atoms with van der Waals surface area (Å²) in [7, 11) is 0. The third kappa shape index (κ3) is 3.32. The number of allylic oxidation sites excluding steroid dienone is 1. The topological polar surface area (TPSA) is 38.3 Å². The molecule has 0 saturated heterocycles. The van der Waals surface area contributed by atoms with Gasteiger partial charge in [0, 0.05) is 13.5 Å². The van der Waals surface area contributed by atoms with E-state index < -0.39 is 13.0 Å². The molecule has 19 heavy (non-hydrogen) atoms. The molecule has 1 heterocycles. The molecule has 0 spiro atoms. The van der Waals surface area contributed by atoms with Crippen molar-refractivity contribution in [1.82, 2.24) is 5.32 Å². The van der Waals surface area contributed by atoms with Crippen LogP contribution in [-0.2, 0) is 11.3 Å². The van der Waals surface area contributed by atoms with E-state index in [9.17, 15) is 13.6 Å². The summed E-state index contributed by atoms with van der Waals surface area (Å²) in [5, 5.41) is 3.00. The number of benzene rings is 1. The predicted molar refractivity (Wildman–Crippen MR) is 71.1 cm³/mol. The summed E-state index contributed by atoms with van der Waals surface area (Å²) in [6, 6.07) is 3.46. The van der Waals surface area contributed by atoms with Crippen molar-refractivity contribution in [2.24, 2.45) is 0 Å². The maximum absolute atomic E-state index is 12.2. The first-order chi connectivity index (χ1) is 8.97. The third-order valence-corrected chi connectivity index (χ3v) is 3.33. The number of ketones is 1. The van der Waals surface area contributed by atoms with Gasteiger partial charge in [-0.15, -0.1) is 0 Å². The highest BCUT2D eigenvalue weighted by Gasteiger charge is 2.16. The second-order valence-corrected chi connectivity index (χ2v) is 5.01. The fraction of sp³-hybridized carbons (Fsp3) is 0.308. The Bertz CT molecular complexity index is 544. The lowest BCUT2D eigenvalue weighted by Crippen LogP contribution is -2.22. The standard InChI is InChI=1S/C13H12BrF2NO2/c1-7(18)11-3-8-4-12(19-6-13(15)16)10(14)2-9(8)5-17-11/h2-4,13,17H,5-6H2,1H3. The zero-order valence-corrected chi connectivity index (χ0v) is 11.8. The molecule has 1 aromatic rings. The zero-order valence-electron chi connectivity index (χ0n) is 10.2. The van der Waals surface area contributed by atoms with Gasteiger partial charge in [0.1, 0.15) is 12.4 Å². The summed E-state index contributed by atoms with van der Waals surface area (Å²) in [4.78, 5) is 11.3. The summed E-state index contributed by atoms with van der Waals surface area (Å²) >= 11 is 3.28. The summed E-state index contributed by atoms with van der Waals surface area (Å²) in [6.07, 6.45) is -0.823. The van der Waals surface area contributed by atoms with Gasteiger partial charge in [-0.25, -0.2) is 8.78 Å². The number of carbonyl (C=O) groups is 1. The molecule has 1 aromatic carbocycles. The van der Waals surface area contributed by atoms with E-state index in [0.717, 1.165) is 11.1 Å². The van der Waals surface area contributed by atoms with Crippen molar-refractivity contribution in [2.75, 3.05) is 6.61 Å². The Balaban J connectivity index is 2.31. The Morgan fingerprint density at radius 2 is 2.26 bits per heavy atom. The van der Waals surface area contributed by atoms with Crippen LogP contribution in [0.5, 0.6) is 5.75 Å². The average molecular weight is 332 g/mol. The zero-order chi connectivity index (χ0) is 14.0. The van der Waals surface area contributed by atoms with Crippen LogP contribution in [0.15, 0.2) is 22.3 Å². The van der Waals surface area contributed by atoms with Gasteiger partial charge in [-0.2, -0.15) is 0 Å². The second kappa shape index (κ2) is 5.69. The Morgan fingerprint density at radius 1 is 1.53 bits per heavy atom. The third-order valence-electron chi connectivity index (χ3n) is 2.71.